The Bertz CT molecular complexity index is 480. The van der Waals surface area contributed by atoms with Gasteiger partial charge >= 0.3 is 5.97 Å². The Morgan fingerprint density at radius 2 is 2.05 bits per heavy atom. The van der Waals surface area contributed by atoms with Crippen LogP contribution in [0.3, 0.4) is 0 Å². The molecule has 1 aliphatic heterocycles. The van der Waals surface area contributed by atoms with E-state index < -0.39 is 5.97 Å². The molecule has 5 nitrogen and oxygen atoms in total. The minimum atomic E-state index is -0.973. The van der Waals surface area contributed by atoms with Gasteiger partial charge in [0.1, 0.15) is 0 Å². The highest BCUT2D eigenvalue weighted by atomic mass is 16.4. The topological polar surface area (TPSA) is 69.8 Å². The van der Waals surface area contributed by atoms with Crippen LogP contribution < -0.4 is 10.6 Å². The number of hydrogen-bond acceptors (Lipinski definition) is 4. The molecule has 0 amide bonds. The van der Waals surface area contributed by atoms with Gasteiger partial charge in [-0.05, 0) is 51.1 Å². The molecule has 1 saturated heterocycles. The molecular formula is C15H23N3O2. The SMILES string of the molecule is CN(C)CC1CCN(c2ccc(C(=O)O)c(N)c2)CC1. The average molecular weight is 277 g/mol. The van der Waals surface area contributed by atoms with Crippen molar-refractivity contribution in [3.8, 4) is 0 Å². The van der Waals surface area contributed by atoms with Crippen molar-refractivity contribution in [3.05, 3.63) is 23.8 Å². The van der Waals surface area contributed by atoms with Crippen LogP contribution in [0, 0.1) is 5.92 Å². The number of aromatic carboxylic acids is 1. The van der Waals surface area contributed by atoms with Crippen LogP contribution in [0.25, 0.3) is 0 Å². The van der Waals surface area contributed by atoms with Gasteiger partial charge in [0, 0.05) is 31.0 Å². The van der Waals surface area contributed by atoms with Crippen LogP contribution in [-0.4, -0.2) is 49.7 Å². The summed E-state index contributed by atoms with van der Waals surface area (Å²) in [4.78, 5) is 15.5. The Kier molecular flexibility index (Phi) is 4.49. The predicted molar refractivity (Wildman–Crippen MR) is 81.3 cm³/mol. The van der Waals surface area contributed by atoms with E-state index in [1.165, 1.54) is 12.8 Å². The van der Waals surface area contributed by atoms with Crippen LogP contribution in [0.5, 0.6) is 0 Å². The Hall–Kier alpha value is -1.75. The van der Waals surface area contributed by atoms with E-state index in [1.807, 2.05) is 6.07 Å². The molecule has 20 heavy (non-hydrogen) atoms. The van der Waals surface area contributed by atoms with Gasteiger partial charge in [-0.25, -0.2) is 4.79 Å². The fourth-order valence-corrected chi connectivity index (χ4v) is 2.83. The van der Waals surface area contributed by atoms with Gasteiger partial charge < -0.3 is 20.6 Å². The van der Waals surface area contributed by atoms with Crippen molar-refractivity contribution in [3.63, 3.8) is 0 Å². The van der Waals surface area contributed by atoms with Crippen molar-refractivity contribution >= 4 is 17.3 Å². The van der Waals surface area contributed by atoms with Gasteiger partial charge in [-0.3, -0.25) is 0 Å². The molecule has 0 aromatic heterocycles. The van der Waals surface area contributed by atoms with Gasteiger partial charge in [0.2, 0.25) is 0 Å². The lowest BCUT2D eigenvalue weighted by atomic mass is 9.96. The maximum Gasteiger partial charge on any atom is 0.337 e. The van der Waals surface area contributed by atoms with Crippen molar-refractivity contribution in [2.75, 3.05) is 44.4 Å². The van der Waals surface area contributed by atoms with Gasteiger partial charge in [0.25, 0.3) is 0 Å². The highest BCUT2D eigenvalue weighted by molar-refractivity contribution is 5.94. The number of hydrogen-bond donors (Lipinski definition) is 2. The lowest BCUT2D eigenvalue weighted by Gasteiger charge is -2.34. The first-order valence-corrected chi connectivity index (χ1v) is 7.00. The minimum Gasteiger partial charge on any atom is -0.478 e. The number of piperidine rings is 1. The van der Waals surface area contributed by atoms with Crippen LogP contribution in [0.1, 0.15) is 23.2 Å². The number of carbonyl (C=O) groups is 1. The van der Waals surface area contributed by atoms with Crippen molar-refractivity contribution in [1.29, 1.82) is 0 Å². The number of rotatable bonds is 4. The quantitative estimate of drug-likeness (QED) is 0.820. The summed E-state index contributed by atoms with van der Waals surface area (Å²) in [6.07, 6.45) is 2.33. The molecule has 0 saturated carbocycles. The predicted octanol–water partition coefficient (Wildman–Crippen LogP) is 1.74. The van der Waals surface area contributed by atoms with Crippen molar-refractivity contribution in [2.45, 2.75) is 12.8 Å². The third kappa shape index (κ3) is 3.42. The van der Waals surface area contributed by atoms with E-state index in [1.54, 1.807) is 12.1 Å². The number of carboxylic acid groups (broad SMARTS) is 1. The first-order valence-electron chi connectivity index (χ1n) is 7.00. The molecular weight excluding hydrogens is 254 g/mol. The maximum absolute atomic E-state index is 11.0. The Morgan fingerprint density at radius 3 is 2.55 bits per heavy atom. The van der Waals surface area contributed by atoms with E-state index >= 15 is 0 Å². The number of carboxylic acids is 1. The third-order valence-electron chi connectivity index (χ3n) is 3.87. The zero-order valence-electron chi connectivity index (χ0n) is 12.2. The number of nitrogens with two attached hydrogens (primary N) is 1. The Balaban J connectivity index is 2.00. The Morgan fingerprint density at radius 1 is 1.40 bits per heavy atom. The summed E-state index contributed by atoms with van der Waals surface area (Å²) in [6, 6.07) is 5.22. The number of anilines is 2. The molecule has 110 valence electrons. The van der Waals surface area contributed by atoms with Crippen molar-refractivity contribution < 1.29 is 9.90 Å². The molecule has 1 aromatic rings. The second-order valence-corrected chi connectivity index (χ2v) is 5.77. The molecule has 1 fully saturated rings. The molecule has 1 heterocycles. The molecule has 2 rings (SSSR count). The summed E-state index contributed by atoms with van der Waals surface area (Å²) >= 11 is 0. The van der Waals surface area contributed by atoms with Crippen LogP contribution in [-0.2, 0) is 0 Å². The molecule has 1 aromatic carbocycles. The average Bonchev–Trinajstić information content (AvgIpc) is 2.38. The normalized spacial score (nSPS) is 16.6. The number of nitrogen functional groups attached to an aromatic ring is 1. The largest absolute Gasteiger partial charge is 0.478 e. The lowest BCUT2D eigenvalue weighted by Crippen LogP contribution is -2.37. The highest BCUT2D eigenvalue weighted by Crippen LogP contribution is 2.26. The van der Waals surface area contributed by atoms with Gasteiger partial charge in [-0.2, -0.15) is 0 Å². The summed E-state index contributed by atoms with van der Waals surface area (Å²) in [5.74, 6) is -0.226. The summed E-state index contributed by atoms with van der Waals surface area (Å²) in [5.41, 5.74) is 7.35. The molecule has 1 aliphatic rings. The third-order valence-corrected chi connectivity index (χ3v) is 3.87. The lowest BCUT2D eigenvalue weighted by molar-refractivity contribution is 0.0698. The molecule has 5 heteroatoms. The van der Waals surface area contributed by atoms with E-state index in [4.69, 9.17) is 10.8 Å². The minimum absolute atomic E-state index is 0.177. The second kappa shape index (κ2) is 6.13. The van der Waals surface area contributed by atoms with Gasteiger partial charge in [0.15, 0.2) is 0 Å². The Labute approximate surface area is 120 Å². The van der Waals surface area contributed by atoms with Crippen molar-refractivity contribution in [1.82, 2.24) is 4.90 Å². The van der Waals surface area contributed by atoms with E-state index in [-0.39, 0.29) is 5.56 Å². The second-order valence-electron chi connectivity index (χ2n) is 5.77. The summed E-state index contributed by atoms with van der Waals surface area (Å²) < 4.78 is 0. The summed E-state index contributed by atoms with van der Waals surface area (Å²) in [6.45, 7) is 3.14. The fraction of sp³-hybridized carbons (Fsp3) is 0.533. The smallest absolute Gasteiger partial charge is 0.337 e. The zero-order valence-corrected chi connectivity index (χ0v) is 12.2. The molecule has 0 atom stereocenters. The van der Waals surface area contributed by atoms with Gasteiger partial charge in [-0.1, -0.05) is 0 Å². The molecule has 0 aliphatic carbocycles. The number of benzene rings is 1. The monoisotopic (exact) mass is 277 g/mol. The standard InChI is InChI=1S/C15H23N3O2/c1-17(2)10-11-5-7-18(8-6-11)12-3-4-13(15(19)20)14(16)9-12/h3-4,9,11H,5-8,10,16H2,1-2H3,(H,19,20). The van der Waals surface area contributed by atoms with Crippen LogP contribution >= 0.6 is 0 Å². The van der Waals surface area contributed by atoms with Gasteiger partial charge in [-0.15, -0.1) is 0 Å². The zero-order chi connectivity index (χ0) is 14.7. The van der Waals surface area contributed by atoms with Gasteiger partial charge in [0.05, 0.1) is 5.56 Å². The highest BCUT2D eigenvalue weighted by Gasteiger charge is 2.20. The van der Waals surface area contributed by atoms with Crippen LogP contribution in [0.2, 0.25) is 0 Å². The fourth-order valence-electron chi connectivity index (χ4n) is 2.83. The molecule has 0 unspecified atom stereocenters. The number of nitrogens with zero attached hydrogens (tertiary/aromatic N) is 2. The van der Waals surface area contributed by atoms with E-state index in [9.17, 15) is 4.79 Å². The molecule has 3 N–H and O–H groups in total. The first-order chi connectivity index (χ1) is 9.47. The van der Waals surface area contributed by atoms with Crippen LogP contribution in [0.15, 0.2) is 18.2 Å². The van der Waals surface area contributed by atoms with E-state index in [0.717, 1.165) is 31.2 Å². The van der Waals surface area contributed by atoms with E-state index in [0.29, 0.717) is 5.69 Å². The summed E-state index contributed by atoms with van der Waals surface area (Å²) in [5, 5.41) is 8.99. The molecule has 0 bridgehead atoms. The van der Waals surface area contributed by atoms with Crippen LogP contribution in [0.4, 0.5) is 11.4 Å². The maximum atomic E-state index is 11.0. The molecule has 0 radical (unpaired) electrons. The van der Waals surface area contributed by atoms with E-state index in [2.05, 4.69) is 23.9 Å². The summed E-state index contributed by atoms with van der Waals surface area (Å²) in [7, 11) is 4.22. The molecule has 0 spiro atoms. The first kappa shape index (κ1) is 14.7. The van der Waals surface area contributed by atoms with Crippen molar-refractivity contribution in [2.24, 2.45) is 5.92 Å².